The molecule has 1 aromatic heterocycles. The smallest absolute Gasteiger partial charge is 0.262 e. The van der Waals surface area contributed by atoms with Gasteiger partial charge in [0.2, 0.25) is 0 Å². The van der Waals surface area contributed by atoms with Gasteiger partial charge >= 0.3 is 0 Å². The molecule has 124 valence electrons. The highest BCUT2D eigenvalue weighted by Gasteiger charge is 2.13. The molecule has 0 spiro atoms. The van der Waals surface area contributed by atoms with Crippen LogP contribution in [0.3, 0.4) is 0 Å². The fourth-order valence-corrected chi connectivity index (χ4v) is 2.04. The second-order valence-electron chi connectivity index (χ2n) is 4.98. The molecule has 2 aromatic rings. The lowest BCUT2D eigenvalue weighted by Gasteiger charge is -2.13. The maximum absolute atomic E-state index is 12.2. The quantitative estimate of drug-likeness (QED) is 0.678. The molecule has 2 rings (SSSR count). The monoisotopic (exact) mass is 321 g/mol. The Morgan fingerprint density at radius 2 is 1.83 bits per heavy atom. The van der Waals surface area contributed by atoms with E-state index in [1.807, 2.05) is 76.2 Å². The van der Waals surface area contributed by atoms with Gasteiger partial charge in [-0.1, -0.05) is 50.2 Å². The zero-order chi connectivity index (χ0) is 17.9. The normalized spacial score (nSPS) is 11.5. The summed E-state index contributed by atoms with van der Waals surface area (Å²) >= 11 is 0. The molecule has 0 saturated carbocycles. The molecule has 0 aliphatic rings. The van der Waals surface area contributed by atoms with Crippen LogP contribution in [0, 0.1) is 18.3 Å². The first kappa shape index (κ1) is 19.1. The van der Waals surface area contributed by atoms with Crippen molar-refractivity contribution >= 4 is 12.0 Å². The summed E-state index contributed by atoms with van der Waals surface area (Å²) in [5, 5.41) is 12.0. The minimum Gasteiger partial charge on any atom is -0.345 e. The summed E-state index contributed by atoms with van der Waals surface area (Å²) in [6.45, 7) is 7.74. The minimum absolute atomic E-state index is 0.0425. The highest BCUT2D eigenvalue weighted by atomic mass is 16.1. The van der Waals surface area contributed by atoms with Crippen molar-refractivity contribution < 1.29 is 4.79 Å². The number of hydrogen-bond acceptors (Lipinski definition) is 3. The Balaban J connectivity index is 0.00000139. The first-order valence-electron chi connectivity index (χ1n) is 8.01. The van der Waals surface area contributed by atoms with E-state index in [4.69, 9.17) is 0 Å². The SMILES string of the molecule is CC.Cc1cccc(/C=C(\C#N)C(=O)N[C@H](C)c2ccccc2)n1. The summed E-state index contributed by atoms with van der Waals surface area (Å²) in [7, 11) is 0. The number of rotatable bonds is 4. The summed E-state index contributed by atoms with van der Waals surface area (Å²) in [5.41, 5.74) is 2.46. The Hall–Kier alpha value is -2.93. The number of carbonyl (C=O) groups excluding carboxylic acids is 1. The van der Waals surface area contributed by atoms with Crippen LogP contribution in [0.1, 0.15) is 43.8 Å². The van der Waals surface area contributed by atoms with Crippen molar-refractivity contribution in [3.8, 4) is 6.07 Å². The molecule has 0 aliphatic heterocycles. The van der Waals surface area contributed by atoms with Crippen LogP contribution in [-0.4, -0.2) is 10.9 Å². The third kappa shape index (κ3) is 5.69. The molecule has 1 aromatic carbocycles. The molecule has 4 nitrogen and oxygen atoms in total. The number of benzene rings is 1. The number of hydrogen-bond donors (Lipinski definition) is 1. The molecule has 0 aliphatic carbocycles. The highest BCUT2D eigenvalue weighted by molar-refractivity contribution is 6.01. The van der Waals surface area contributed by atoms with E-state index in [0.29, 0.717) is 5.69 Å². The van der Waals surface area contributed by atoms with Crippen molar-refractivity contribution in [3.05, 3.63) is 71.1 Å². The molecule has 1 N–H and O–H groups in total. The number of carbonyl (C=O) groups is 1. The third-order valence-corrected chi connectivity index (χ3v) is 3.21. The summed E-state index contributed by atoms with van der Waals surface area (Å²) in [6.07, 6.45) is 1.50. The van der Waals surface area contributed by atoms with E-state index < -0.39 is 5.91 Å². The number of nitrogens with one attached hydrogen (secondary N) is 1. The van der Waals surface area contributed by atoms with E-state index in [1.165, 1.54) is 6.08 Å². The summed E-state index contributed by atoms with van der Waals surface area (Å²) in [4.78, 5) is 16.5. The second-order valence-corrected chi connectivity index (χ2v) is 4.98. The lowest BCUT2D eigenvalue weighted by atomic mass is 10.1. The van der Waals surface area contributed by atoms with Gasteiger partial charge in [-0.2, -0.15) is 5.26 Å². The number of nitrogens with zero attached hydrogens (tertiary/aromatic N) is 2. The van der Waals surface area contributed by atoms with Gasteiger partial charge in [-0.15, -0.1) is 0 Å². The Morgan fingerprint density at radius 3 is 2.42 bits per heavy atom. The number of nitriles is 1. The maximum atomic E-state index is 12.2. The van der Waals surface area contributed by atoms with Crippen LogP contribution in [0.5, 0.6) is 0 Å². The standard InChI is InChI=1S/C18H17N3O.C2H6/c1-13-7-6-10-17(20-13)11-16(12-19)18(22)21-14(2)15-8-4-3-5-9-15;1-2/h3-11,14H,1-2H3,(H,21,22);1-2H3/b16-11+;/t14-;/m1./s1. The molecule has 1 atom stereocenters. The first-order valence-corrected chi connectivity index (χ1v) is 8.01. The summed E-state index contributed by atoms with van der Waals surface area (Å²) < 4.78 is 0. The van der Waals surface area contributed by atoms with Crippen molar-refractivity contribution in [2.45, 2.75) is 33.7 Å². The van der Waals surface area contributed by atoms with Gasteiger partial charge in [-0.05, 0) is 37.6 Å². The minimum atomic E-state index is -0.401. The van der Waals surface area contributed by atoms with Gasteiger partial charge < -0.3 is 5.32 Å². The van der Waals surface area contributed by atoms with Gasteiger partial charge in [-0.25, -0.2) is 0 Å². The van der Waals surface area contributed by atoms with E-state index in [0.717, 1.165) is 11.3 Å². The molecule has 24 heavy (non-hydrogen) atoms. The van der Waals surface area contributed by atoms with Crippen LogP contribution in [0.2, 0.25) is 0 Å². The van der Waals surface area contributed by atoms with Crippen LogP contribution in [0.15, 0.2) is 54.1 Å². The second kappa shape index (κ2) is 9.96. The molecule has 0 radical (unpaired) electrons. The number of amides is 1. The Kier molecular flexibility index (Phi) is 7.93. The van der Waals surface area contributed by atoms with Crippen molar-refractivity contribution in [1.82, 2.24) is 10.3 Å². The van der Waals surface area contributed by atoms with Gasteiger partial charge in [0.15, 0.2) is 0 Å². The first-order chi connectivity index (χ1) is 11.6. The molecule has 4 heteroatoms. The average Bonchev–Trinajstić information content (AvgIpc) is 2.62. The van der Waals surface area contributed by atoms with Crippen LogP contribution in [-0.2, 0) is 4.79 Å². The van der Waals surface area contributed by atoms with E-state index in [9.17, 15) is 10.1 Å². The third-order valence-electron chi connectivity index (χ3n) is 3.21. The Labute approximate surface area is 143 Å². The molecule has 1 heterocycles. The van der Waals surface area contributed by atoms with Gasteiger partial charge in [0.1, 0.15) is 11.6 Å². The fraction of sp³-hybridized carbons (Fsp3) is 0.250. The molecule has 0 bridgehead atoms. The molecule has 0 saturated heterocycles. The number of pyridine rings is 1. The van der Waals surface area contributed by atoms with Crippen LogP contribution in [0.25, 0.3) is 6.08 Å². The van der Waals surface area contributed by atoms with Gasteiger partial charge in [0, 0.05) is 5.69 Å². The van der Waals surface area contributed by atoms with Gasteiger partial charge in [0.25, 0.3) is 5.91 Å². The summed E-state index contributed by atoms with van der Waals surface area (Å²) in [6, 6.07) is 16.8. The predicted molar refractivity (Wildman–Crippen MR) is 96.9 cm³/mol. The maximum Gasteiger partial charge on any atom is 0.262 e. The van der Waals surface area contributed by atoms with Gasteiger partial charge in [-0.3, -0.25) is 9.78 Å². The molecular formula is C20H23N3O. The van der Waals surface area contributed by atoms with Crippen molar-refractivity contribution in [2.24, 2.45) is 0 Å². The van der Waals surface area contributed by atoms with Crippen LogP contribution >= 0.6 is 0 Å². The van der Waals surface area contributed by atoms with E-state index in [1.54, 1.807) is 6.07 Å². The van der Waals surface area contributed by atoms with Crippen molar-refractivity contribution in [1.29, 1.82) is 5.26 Å². The highest BCUT2D eigenvalue weighted by Crippen LogP contribution is 2.13. The lowest BCUT2D eigenvalue weighted by molar-refractivity contribution is -0.117. The van der Waals surface area contributed by atoms with Crippen LogP contribution in [0.4, 0.5) is 0 Å². The Bertz CT molecular complexity index is 730. The zero-order valence-corrected chi connectivity index (χ0v) is 14.6. The summed E-state index contributed by atoms with van der Waals surface area (Å²) in [5.74, 6) is -0.401. The van der Waals surface area contributed by atoms with E-state index >= 15 is 0 Å². The van der Waals surface area contributed by atoms with Crippen molar-refractivity contribution in [3.63, 3.8) is 0 Å². The van der Waals surface area contributed by atoms with E-state index in [-0.39, 0.29) is 11.6 Å². The molecular weight excluding hydrogens is 298 g/mol. The fourth-order valence-electron chi connectivity index (χ4n) is 2.04. The number of aromatic nitrogens is 1. The molecule has 1 amide bonds. The number of aryl methyl sites for hydroxylation is 1. The molecule has 0 unspecified atom stereocenters. The topological polar surface area (TPSA) is 65.8 Å². The zero-order valence-electron chi connectivity index (χ0n) is 14.6. The largest absolute Gasteiger partial charge is 0.345 e. The molecule has 0 fully saturated rings. The Morgan fingerprint density at radius 1 is 1.17 bits per heavy atom. The van der Waals surface area contributed by atoms with E-state index in [2.05, 4.69) is 10.3 Å². The van der Waals surface area contributed by atoms with Crippen LogP contribution < -0.4 is 5.32 Å². The predicted octanol–water partition coefficient (Wildman–Crippen LogP) is 4.20. The van der Waals surface area contributed by atoms with Crippen molar-refractivity contribution in [2.75, 3.05) is 0 Å². The average molecular weight is 321 g/mol. The lowest BCUT2D eigenvalue weighted by Crippen LogP contribution is -2.27. The van der Waals surface area contributed by atoms with Gasteiger partial charge in [0.05, 0.1) is 11.7 Å².